The van der Waals surface area contributed by atoms with Gasteiger partial charge in [0.15, 0.2) is 5.82 Å². The van der Waals surface area contributed by atoms with Crippen LogP contribution in [0.4, 0.5) is 10.2 Å². The van der Waals surface area contributed by atoms with Gasteiger partial charge in [-0.2, -0.15) is 0 Å². The van der Waals surface area contributed by atoms with Gasteiger partial charge in [-0.15, -0.1) is 10.2 Å². The Balaban J connectivity index is 1.28. The van der Waals surface area contributed by atoms with Crippen molar-refractivity contribution in [1.29, 1.82) is 0 Å². The van der Waals surface area contributed by atoms with Gasteiger partial charge in [-0.3, -0.25) is 9.59 Å². The molecule has 0 spiro atoms. The lowest BCUT2D eigenvalue weighted by Gasteiger charge is -2.41. The van der Waals surface area contributed by atoms with Crippen molar-refractivity contribution < 1.29 is 14.0 Å². The minimum Gasteiger partial charge on any atom is -0.343 e. The van der Waals surface area contributed by atoms with Crippen molar-refractivity contribution >= 4 is 17.6 Å². The third kappa shape index (κ3) is 6.07. The number of carbonyl (C=O) groups excluding carboxylic acids is 2. The van der Waals surface area contributed by atoms with E-state index in [1.54, 1.807) is 0 Å². The van der Waals surface area contributed by atoms with E-state index < -0.39 is 11.7 Å². The number of nitrogens with one attached hydrogen (secondary N) is 1. The Bertz CT molecular complexity index is 1330. The Labute approximate surface area is 235 Å². The molecule has 2 aliphatic carbocycles. The number of alkyl halides is 1. The predicted molar refractivity (Wildman–Crippen MR) is 155 cm³/mol. The first kappa shape index (κ1) is 27.9. The van der Waals surface area contributed by atoms with Gasteiger partial charge in [0.1, 0.15) is 11.9 Å². The Morgan fingerprint density at radius 2 is 1.68 bits per heavy atom. The lowest BCUT2D eigenvalue weighted by Crippen LogP contribution is -2.50. The van der Waals surface area contributed by atoms with Gasteiger partial charge in [-0.1, -0.05) is 61.5 Å². The topological polar surface area (TPSA) is 101 Å². The average Bonchev–Trinajstić information content (AvgIpc) is 2.96. The second-order valence-electron chi connectivity index (χ2n) is 11.4. The molecule has 5 rings (SSSR count). The van der Waals surface area contributed by atoms with Crippen molar-refractivity contribution in [2.45, 2.75) is 76.0 Å². The first-order chi connectivity index (χ1) is 19.3. The largest absolute Gasteiger partial charge is 0.343 e. The van der Waals surface area contributed by atoms with Crippen molar-refractivity contribution in [2.24, 2.45) is 11.7 Å². The van der Waals surface area contributed by atoms with Crippen molar-refractivity contribution in [1.82, 2.24) is 15.1 Å². The fourth-order valence-corrected chi connectivity index (χ4v) is 6.08. The van der Waals surface area contributed by atoms with E-state index in [0.29, 0.717) is 37.2 Å². The summed E-state index contributed by atoms with van der Waals surface area (Å²) >= 11 is 0. The van der Waals surface area contributed by atoms with E-state index in [9.17, 15) is 14.0 Å². The third-order valence-electron chi connectivity index (χ3n) is 8.58. The molecule has 40 heavy (non-hydrogen) atoms. The van der Waals surface area contributed by atoms with E-state index in [-0.39, 0.29) is 23.8 Å². The molecule has 3 aromatic rings. The van der Waals surface area contributed by atoms with Crippen LogP contribution in [0, 0.1) is 5.92 Å². The maximum atomic E-state index is 13.5. The fourth-order valence-electron chi connectivity index (χ4n) is 6.08. The van der Waals surface area contributed by atoms with E-state index in [2.05, 4.69) is 15.5 Å². The van der Waals surface area contributed by atoms with Gasteiger partial charge in [0.25, 0.3) is 0 Å². The van der Waals surface area contributed by atoms with Gasteiger partial charge in [0, 0.05) is 55.4 Å². The third-order valence-corrected chi connectivity index (χ3v) is 8.58. The Hall–Kier alpha value is -3.65. The van der Waals surface area contributed by atoms with Crippen LogP contribution in [0.25, 0.3) is 22.4 Å². The van der Waals surface area contributed by atoms with Crippen molar-refractivity contribution in [3.63, 3.8) is 0 Å². The number of amides is 2. The molecule has 0 unspecified atom stereocenters. The molecular formula is C32H38FN5O2. The molecule has 2 aromatic carbocycles. The molecule has 8 heteroatoms. The van der Waals surface area contributed by atoms with E-state index in [4.69, 9.17) is 5.73 Å². The SMILES string of the molecule is CCC(=O)N(C)C1CCC(CC(=O)Nc2cc(-c3ccccc3)c(-c3ccc([C@]4(N)C[C@@H](F)C4)cc3)nn2)CC1. The van der Waals surface area contributed by atoms with Crippen molar-refractivity contribution in [2.75, 3.05) is 12.4 Å². The Morgan fingerprint density at radius 1 is 1.00 bits per heavy atom. The van der Waals surface area contributed by atoms with E-state index in [0.717, 1.165) is 47.9 Å². The minimum absolute atomic E-state index is 0.0771. The zero-order chi connectivity index (χ0) is 28.3. The van der Waals surface area contributed by atoms with Crippen LogP contribution in [0.3, 0.4) is 0 Å². The lowest BCUT2D eigenvalue weighted by atomic mass is 9.71. The molecular weight excluding hydrogens is 505 g/mol. The van der Waals surface area contributed by atoms with Crippen molar-refractivity contribution in [3.05, 3.63) is 66.2 Å². The number of nitrogens with two attached hydrogens (primary N) is 1. The minimum atomic E-state index is -0.837. The average molecular weight is 544 g/mol. The summed E-state index contributed by atoms with van der Waals surface area (Å²) in [4.78, 5) is 26.9. The van der Waals surface area contributed by atoms with Crippen LogP contribution < -0.4 is 11.1 Å². The summed E-state index contributed by atoms with van der Waals surface area (Å²) < 4.78 is 13.5. The van der Waals surface area contributed by atoms with Gasteiger partial charge in [0.2, 0.25) is 11.8 Å². The zero-order valence-electron chi connectivity index (χ0n) is 23.3. The number of carbonyl (C=O) groups is 2. The molecule has 2 amide bonds. The number of rotatable bonds is 8. The molecule has 1 heterocycles. The van der Waals surface area contributed by atoms with Gasteiger partial charge >= 0.3 is 0 Å². The molecule has 7 nitrogen and oxygen atoms in total. The number of aromatic nitrogens is 2. The molecule has 210 valence electrons. The lowest BCUT2D eigenvalue weighted by molar-refractivity contribution is -0.132. The van der Waals surface area contributed by atoms with Crippen LogP contribution in [0.2, 0.25) is 0 Å². The first-order valence-corrected chi connectivity index (χ1v) is 14.3. The summed E-state index contributed by atoms with van der Waals surface area (Å²) in [5.41, 5.74) is 10.1. The monoisotopic (exact) mass is 543 g/mol. The smallest absolute Gasteiger partial charge is 0.225 e. The molecule has 1 aromatic heterocycles. The second-order valence-corrected chi connectivity index (χ2v) is 11.4. The summed E-state index contributed by atoms with van der Waals surface area (Å²) in [5, 5.41) is 11.8. The number of anilines is 1. The van der Waals surface area contributed by atoms with E-state index in [1.807, 2.05) is 79.5 Å². The maximum Gasteiger partial charge on any atom is 0.225 e. The van der Waals surface area contributed by atoms with Crippen LogP contribution in [0.15, 0.2) is 60.7 Å². The summed E-state index contributed by atoms with van der Waals surface area (Å²) in [6.45, 7) is 1.89. The Morgan fingerprint density at radius 3 is 2.30 bits per heavy atom. The van der Waals surface area contributed by atoms with Crippen LogP contribution in [-0.2, 0) is 15.1 Å². The van der Waals surface area contributed by atoms with Gasteiger partial charge in [-0.05, 0) is 48.8 Å². The normalized spacial score (nSPS) is 24.1. The summed E-state index contributed by atoms with van der Waals surface area (Å²) in [6, 6.07) is 19.8. The molecule has 0 radical (unpaired) electrons. The number of halogens is 1. The van der Waals surface area contributed by atoms with Gasteiger partial charge in [0.05, 0.1) is 0 Å². The highest BCUT2D eigenvalue weighted by molar-refractivity contribution is 5.91. The van der Waals surface area contributed by atoms with Crippen LogP contribution >= 0.6 is 0 Å². The molecule has 0 bridgehead atoms. The van der Waals surface area contributed by atoms with E-state index in [1.165, 1.54) is 0 Å². The number of hydrogen-bond donors (Lipinski definition) is 2. The molecule has 2 saturated carbocycles. The molecule has 2 fully saturated rings. The first-order valence-electron chi connectivity index (χ1n) is 14.3. The zero-order valence-corrected chi connectivity index (χ0v) is 23.3. The highest BCUT2D eigenvalue weighted by atomic mass is 19.1. The molecule has 3 N–H and O–H groups in total. The fraction of sp³-hybridized carbons (Fsp3) is 0.438. The van der Waals surface area contributed by atoms with Gasteiger partial charge in [-0.25, -0.2) is 4.39 Å². The maximum absolute atomic E-state index is 13.5. The predicted octanol–water partition coefficient (Wildman–Crippen LogP) is 5.85. The summed E-state index contributed by atoms with van der Waals surface area (Å²) in [6.07, 6.45) is 4.47. The number of benzene rings is 2. The second kappa shape index (κ2) is 11.8. The number of nitrogens with zero attached hydrogens (tertiary/aromatic N) is 3. The molecule has 0 saturated heterocycles. The van der Waals surface area contributed by atoms with Gasteiger partial charge < -0.3 is 16.0 Å². The quantitative estimate of drug-likeness (QED) is 0.371. The van der Waals surface area contributed by atoms with Crippen LogP contribution in [0.5, 0.6) is 0 Å². The summed E-state index contributed by atoms with van der Waals surface area (Å²) in [5.74, 6) is 0.794. The molecule has 0 atom stereocenters. The Kier molecular flexibility index (Phi) is 8.26. The van der Waals surface area contributed by atoms with Crippen molar-refractivity contribution in [3.8, 4) is 22.4 Å². The van der Waals surface area contributed by atoms with Crippen LogP contribution in [0.1, 0.15) is 63.9 Å². The number of hydrogen-bond acceptors (Lipinski definition) is 5. The summed E-state index contributed by atoms with van der Waals surface area (Å²) in [7, 11) is 1.88. The van der Waals surface area contributed by atoms with E-state index >= 15 is 0 Å². The highest BCUT2D eigenvalue weighted by Crippen LogP contribution is 2.41. The molecule has 0 aliphatic heterocycles. The molecule has 2 aliphatic rings. The van der Waals surface area contributed by atoms with Crippen LogP contribution in [-0.4, -0.2) is 46.2 Å². The highest BCUT2D eigenvalue weighted by Gasteiger charge is 2.42. The standard InChI is InChI=1S/C32H38FN5O2/c1-3-30(40)38(2)26-15-9-21(10-16-26)17-29(39)35-28-18-27(22-7-5-4-6-8-22)31(37-36-28)23-11-13-24(14-12-23)32(34)19-25(33)20-32/h4-8,11-14,18,21,25-26H,3,9-10,15-17,19-20,34H2,1-2H3,(H,35,36,39)/t21?,25-,26?,32+.